The topological polar surface area (TPSA) is 83.5 Å². The zero-order chi connectivity index (χ0) is 22.2. The van der Waals surface area contributed by atoms with Crippen LogP contribution in [0.25, 0.3) is 0 Å². The van der Waals surface area contributed by atoms with Crippen LogP contribution >= 0.6 is 17.2 Å². The van der Waals surface area contributed by atoms with Gasteiger partial charge in [-0.05, 0) is 0 Å². The van der Waals surface area contributed by atoms with Crippen molar-refractivity contribution in [1.82, 2.24) is 5.32 Å². The van der Waals surface area contributed by atoms with Crippen molar-refractivity contribution in [2.75, 3.05) is 31.2 Å². The minimum absolute atomic E-state index is 0.00420. The number of Topliss-reactive ketones (excluding diaryl/α,β-unsaturated/α-hetero) is 1. The van der Waals surface area contributed by atoms with E-state index in [0.29, 0.717) is 6.54 Å². The molecule has 5 nitrogen and oxygen atoms in total. The van der Waals surface area contributed by atoms with E-state index in [0.717, 1.165) is 50.3 Å². The molecule has 0 aromatic rings. The molecule has 0 aromatic carbocycles. The van der Waals surface area contributed by atoms with E-state index in [-0.39, 0.29) is 37.4 Å². The molecular formula is C22H43ClNO4P. The van der Waals surface area contributed by atoms with Gasteiger partial charge in [0.05, 0.1) is 0 Å². The predicted octanol–water partition coefficient (Wildman–Crippen LogP) is 5.81. The Hall–Kier alpha value is -0.670. The molecule has 0 aliphatic rings. The first kappa shape index (κ1) is 28.3. The summed E-state index contributed by atoms with van der Waals surface area (Å²) in [6.07, 6.45) is 12.4. The third-order valence-corrected chi connectivity index (χ3v) is 13.4. The minimum atomic E-state index is -2.27. The molecule has 7 heteroatoms. The summed E-state index contributed by atoms with van der Waals surface area (Å²) < 4.78 is 0. The number of hydrogen-bond donors (Lipinski definition) is 2. The Bertz CT molecular complexity index is 489. The van der Waals surface area contributed by atoms with Crippen LogP contribution < -0.4 is 5.32 Å². The molecule has 0 saturated heterocycles. The second-order valence-electron chi connectivity index (χ2n) is 8.41. The van der Waals surface area contributed by atoms with Crippen LogP contribution in [0.5, 0.6) is 0 Å². The SMILES string of the molecule is CCCCP(Cl)(CCCC)(CCCC)CCCNC(=O)CCC(=O)CCC(=O)O. The van der Waals surface area contributed by atoms with Crippen LogP contribution in [0.3, 0.4) is 0 Å². The van der Waals surface area contributed by atoms with Gasteiger partial charge >= 0.3 is 182 Å². The fourth-order valence-electron chi connectivity index (χ4n) is 3.75. The monoisotopic (exact) mass is 451 g/mol. The number of carboxylic acids is 1. The number of unbranched alkanes of at least 4 members (excludes halogenated alkanes) is 3. The van der Waals surface area contributed by atoms with E-state index < -0.39 is 11.9 Å². The number of carbonyl (C=O) groups is 3. The molecule has 0 aromatic heterocycles. The summed E-state index contributed by atoms with van der Waals surface area (Å²) in [7, 11) is 0. The Morgan fingerprint density at radius 1 is 0.759 bits per heavy atom. The molecule has 0 radical (unpaired) electrons. The Morgan fingerprint density at radius 2 is 1.21 bits per heavy atom. The van der Waals surface area contributed by atoms with E-state index in [2.05, 4.69) is 26.1 Å². The van der Waals surface area contributed by atoms with E-state index in [4.69, 9.17) is 16.3 Å². The predicted molar refractivity (Wildman–Crippen MR) is 126 cm³/mol. The summed E-state index contributed by atoms with van der Waals surface area (Å²) in [6, 6.07) is 0. The van der Waals surface area contributed by atoms with Gasteiger partial charge in [0.2, 0.25) is 0 Å². The number of nitrogens with one attached hydrogen (secondary N) is 1. The van der Waals surface area contributed by atoms with Crippen molar-refractivity contribution in [2.24, 2.45) is 0 Å². The van der Waals surface area contributed by atoms with Crippen molar-refractivity contribution < 1.29 is 19.5 Å². The molecule has 1 amide bonds. The summed E-state index contributed by atoms with van der Waals surface area (Å²) in [6.45, 7) is 7.25. The zero-order valence-electron chi connectivity index (χ0n) is 18.8. The fourth-order valence-corrected chi connectivity index (χ4v) is 10.8. The molecule has 0 fully saturated rings. The average Bonchev–Trinajstić information content (AvgIpc) is 2.70. The molecule has 0 aliphatic carbocycles. The van der Waals surface area contributed by atoms with Crippen LogP contribution in [-0.4, -0.2) is 54.0 Å². The number of hydrogen-bond acceptors (Lipinski definition) is 3. The first-order valence-corrected chi connectivity index (χ1v) is 15.3. The van der Waals surface area contributed by atoms with Gasteiger partial charge in [-0.2, -0.15) is 0 Å². The van der Waals surface area contributed by atoms with Gasteiger partial charge in [0.1, 0.15) is 0 Å². The average molecular weight is 452 g/mol. The third kappa shape index (κ3) is 13.3. The van der Waals surface area contributed by atoms with Gasteiger partial charge in [-0.1, -0.05) is 0 Å². The van der Waals surface area contributed by atoms with Gasteiger partial charge in [-0.3, -0.25) is 0 Å². The summed E-state index contributed by atoms with van der Waals surface area (Å²) in [5, 5.41) is 11.5. The molecule has 0 aliphatic heterocycles. The fraction of sp³-hybridized carbons (Fsp3) is 0.864. The zero-order valence-corrected chi connectivity index (χ0v) is 20.5. The van der Waals surface area contributed by atoms with Gasteiger partial charge in [0, 0.05) is 0 Å². The molecule has 0 unspecified atom stereocenters. The third-order valence-electron chi connectivity index (χ3n) is 5.68. The Balaban J connectivity index is 4.55. The molecule has 0 bridgehead atoms. The van der Waals surface area contributed by atoms with Crippen molar-refractivity contribution in [3.63, 3.8) is 0 Å². The first-order valence-electron chi connectivity index (χ1n) is 11.4. The summed E-state index contributed by atoms with van der Waals surface area (Å²) in [5.41, 5.74) is 0. The standard InChI is InChI=1S/C22H43ClNO4P/c1-4-7-16-29(23,17-8-5-2,18-9-6-3)19-10-15-24-21(26)13-11-20(25)12-14-22(27)28/h4-19H2,1-3H3,(H,24,26)(H,27,28). The second kappa shape index (κ2) is 15.2. The number of carbonyl (C=O) groups excluding carboxylic acids is 2. The van der Waals surface area contributed by atoms with Crippen LogP contribution in [-0.2, 0) is 14.4 Å². The molecule has 2 N–H and O–H groups in total. The van der Waals surface area contributed by atoms with Gasteiger partial charge < -0.3 is 0 Å². The Labute approximate surface area is 182 Å². The number of ketones is 1. The van der Waals surface area contributed by atoms with Crippen molar-refractivity contribution in [2.45, 2.75) is 91.4 Å². The van der Waals surface area contributed by atoms with Crippen molar-refractivity contribution >= 4 is 34.9 Å². The molecule has 0 saturated carbocycles. The van der Waals surface area contributed by atoms with Gasteiger partial charge in [-0.15, -0.1) is 0 Å². The van der Waals surface area contributed by atoms with Crippen molar-refractivity contribution in [1.29, 1.82) is 0 Å². The molecule has 0 atom stereocenters. The maximum absolute atomic E-state index is 12.0. The molecule has 0 rings (SSSR count). The van der Waals surface area contributed by atoms with E-state index in [1.54, 1.807) is 0 Å². The number of halogens is 1. The summed E-state index contributed by atoms with van der Waals surface area (Å²) >= 11 is 7.54. The van der Waals surface area contributed by atoms with Crippen molar-refractivity contribution in [3.8, 4) is 0 Å². The number of carboxylic acid groups (broad SMARTS) is 1. The second-order valence-corrected chi connectivity index (χ2v) is 16.7. The molecule has 0 spiro atoms. The van der Waals surface area contributed by atoms with Crippen LogP contribution in [0.1, 0.15) is 91.4 Å². The van der Waals surface area contributed by atoms with E-state index >= 15 is 0 Å². The van der Waals surface area contributed by atoms with E-state index in [9.17, 15) is 14.4 Å². The molecular weight excluding hydrogens is 409 g/mol. The summed E-state index contributed by atoms with van der Waals surface area (Å²) in [5.74, 6) is -3.57. The Morgan fingerprint density at radius 3 is 1.66 bits per heavy atom. The van der Waals surface area contributed by atoms with Crippen LogP contribution in [0.2, 0.25) is 0 Å². The van der Waals surface area contributed by atoms with E-state index in [1.165, 1.54) is 19.3 Å². The van der Waals surface area contributed by atoms with Crippen molar-refractivity contribution in [3.05, 3.63) is 0 Å². The molecule has 0 heterocycles. The first-order chi connectivity index (χ1) is 13.7. The molecule has 29 heavy (non-hydrogen) atoms. The number of aliphatic carboxylic acids is 1. The van der Waals surface area contributed by atoms with Gasteiger partial charge in [-0.25, -0.2) is 0 Å². The maximum atomic E-state index is 12.0. The van der Waals surface area contributed by atoms with Crippen LogP contribution in [0, 0.1) is 0 Å². The van der Waals surface area contributed by atoms with Gasteiger partial charge in [0.15, 0.2) is 0 Å². The van der Waals surface area contributed by atoms with Gasteiger partial charge in [0.25, 0.3) is 0 Å². The normalized spacial score (nSPS) is 12.9. The van der Waals surface area contributed by atoms with Crippen LogP contribution in [0.15, 0.2) is 0 Å². The van der Waals surface area contributed by atoms with E-state index in [1.807, 2.05) is 0 Å². The summed E-state index contributed by atoms with van der Waals surface area (Å²) in [4.78, 5) is 34.1. The Kier molecular flexibility index (Phi) is 14.8. The number of rotatable bonds is 19. The number of amides is 1. The molecule has 172 valence electrons. The van der Waals surface area contributed by atoms with Crippen LogP contribution in [0.4, 0.5) is 0 Å². The quantitative estimate of drug-likeness (QED) is 0.191.